The topological polar surface area (TPSA) is 44.5 Å². The van der Waals surface area contributed by atoms with Gasteiger partial charge in [0, 0.05) is 26.4 Å². The molecule has 2 unspecified atom stereocenters. The predicted molar refractivity (Wildman–Crippen MR) is 61.9 cm³/mol. The Bertz CT molecular complexity index is 153. The van der Waals surface area contributed by atoms with Gasteiger partial charge in [-0.05, 0) is 25.7 Å². The van der Waals surface area contributed by atoms with Crippen molar-refractivity contribution < 1.29 is 9.47 Å². The molecule has 15 heavy (non-hydrogen) atoms. The van der Waals surface area contributed by atoms with Gasteiger partial charge < -0.3 is 15.2 Å². The van der Waals surface area contributed by atoms with Crippen LogP contribution in [-0.4, -0.2) is 32.5 Å². The van der Waals surface area contributed by atoms with Crippen LogP contribution in [-0.2, 0) is 9.47 Å². The fourth-order valence-corrected chi connectivity index (χ4v) is 2.09. The van der Waals surface area contributed by atoms with Crippen molar-refractivity contribution >= 4 is 0 Å². The molecular weight excluding hydrogens is 190 g/mol. The average molecular weight is 215 g/mol. The summed E-state index contributed by atoms with van der Waals surface area (Å²) >= 11 is 0. The molecule has 1 aliphatic rings. The molecule has 2 atom stereocenters. The lowest BCUT2D eigenvalue weighted by molar-refractivity contribution is 0.0266. The second-order valence-electron chi connectivity index (χ2n) is 4.41. The Morgan fingerprint density at radius 3 is 2.60 bits per heavy atom. The molecule has 0 aromatic rings. The first-order valence-corrected chi connectivity index (χ1v) is 6.20. The minimum Gasteiger partial charge on any atom is -0.385 e. The number of hydrogen-bond donors (Lipinski definition) is 1. The van der Waals surface area contributed by atoms with Gasteiger partial charge in [-0.2, -0.15) is 0 Å². The first-order chi connectivity index (χ1) is 7.34. The third-order valence-corrected chi connectivity index (χ3v) is 3.08. The van der Waals surface area contributed by atoms with E-state index >= 15 is 0 Å². The average Bonchev–Trinajstić information content (AvgIpc) is 2.44. The highest BCUT2D eigenvalue weighted by Crippen LogP contribution is 2.19. The standard InChI is InChI=1S/C12H25NO2/c1-14-9-5-6-10-15-12-8-4-2-3-7-11(12)13/h11-12H,2-10,13H2,1H3. The van der Waals surface area contributed by atoms with Gasteiger partial charge in [-0.15, -0.1) is 0 Å². The molecule has 3 heteroatoms. The van der Waals surface area contributed by atoms with Crippen molar-refractivity contribution in [1.82, 2.24) is 0 Å². The lowest BCUT2D eigenvalue weighted by Gasteiger charge is -2.21. The normalized spacial score (nSPS) is 27.6. The van der Waals surface area contributed by atoms with Gasteiger partial charge in [0.05, 0.1) is 6.10 Å². The van der Waals surface area contributed by atoms with Crippen molar-refractivity contribution in [3.05, 3.63) is 0 Å². The van der Waals surface area contributed by atoms with E-state index in [1.807, 2.05) is 0 Å². The minimum absolute atomic E-state index is 0.259. The quantitative estimate of drug-likeness (QED) is 0.545. The van der Waals surface area contributed by atoms with E-state index < -0.39 is 0 Å². The van der Waals surface area contributed by atoms with E-state index in [4.69, 9.17) is 15.2 Å². The first kappa shape index (κ1) is 12.9. The lowest BCUT2D eigenvalue weighted by Crippen LogP contribution is -2.35. The van der Waals surface area contributed by atoms with E-state index in [-0.39, 0.29) is 6.04 Å². The van der Waals surface area contributed by atoms with Crippen molar-refractivity contribution in [2.45, 2.75) is 57.1 Å². The summed E-state index contributed by atoms with van der Waals surface area (Å²) in [4.78, 5) is 0. The van der Waals surface area contributed by atoms with E-state index in [9.17, 15) is 0 Å². The third-order valence-electron chi connectivity index (χ3n) is 3.08. The molecule has 0 amide bonds. The van der Waals surface area contributed by atoms with Crippen molar-refractivity contribution in [3.63, 3.8) is 0 Å². The molecule has 1 saturated carbocycles. The molecule has 0 saturated heterocycles. The first-order valence-electron chi connectivity index (χ1n) is 6.20. The maximum Gasteiger partial charge on any atom is 0.0725 e. The molecule has 0 spiro atoms. The SMILES string of the molecule is COCCCCOC1CCCCCC1N. The number of hydrogen-bond acceptors (Lipinski definition) is 3. The van der Waals surface area contributed by atoms with Crippen LogP contribution in [0.2, 0.25) is 0 Å². The van der Waals surface area contributed by atoms with Crippen LogP contribution in [0.25, 0.3) is 0 Å². The van der Waals surface area contributed by atoms with E-state index in [0.717, 1.165) is 38.9 Å². The lowest BCUT2D eigenvalue weighted by atomic mass is 10.1. The Kier molecular flexibility index (Phi) is 6.98. The zero-order valence-corrected chi connectivity index (χ0v) is 9.91. The maximum absolute atomic E-state index is 6.07. The summed E-state index contributed by atoms with van der Waals surface area (Å²) in [5, 5.41) is 0. The zero-order chi connectivity index (χ0) is 10.9. The van der Waals surface area contributed by atoms with Crippen molar-refractivity contribution in [2.24, 2.45) is 5.73 Å². The highest BCUT2D eigenvalue weighted by Gasteiger charge is 2.20. The molecule has 0 aliphatic heterocycles. The van der Waals surface area contributed by atoms with Gasteiger partial charge in [0.2, 0.25) is 0 Å². The summed E-state index contributed by atoms with van der Waals surface area (Å²) < 4.78 is 10.8. The van der Waals surface area contributed by atoms with Crippen LogP contribution in [0, 0.1) is 0 Å². The van der Waals surface area contributed by atoms with E-state index in [1.54, 1.807) is 7.11 Å². The molecule has 2 N–H and O–H groups in total. The Hall–Kier alpha value is -0.120. The van der Waals surface area contributed by atoms with Crippen molar-refractivity contribution in [2.75, 3.05) is 20.3 Å². The van der Waals surface area contributed by atoms with Crippen LogP contribution in [0.1, 0.15) is 44.9 Å². The van der Waals surface area contributed by atoms with E-state index in [1.165, 1.54) is 19.3 Å². The molecule has 1 rings (SSSR count). The summed E-state index contributed by atoms with van der Waals surface area (Å²) in [6.07, 6.45) is 8.59. The maximum atomic E-state index is 6.07. The van der Waals surface area contributed by atoms with Crippen molar-refractivity contribution in [3.8, 4) is 0 Å². The van der Waals surface area contributed by atoms with Crippen LogP contribution < -0.4 is 5.73 Å². The van der Waals surface area contributed by atoms with Crippen LogP contribution >= 0.6 is 0 Å². The Morgan fingerprint density at radius 1 is 1.07 bits per heavy atom. The van der Waals surface area contributed by atoms with Crippen LogP contribution in [0.3, 0.4) is 0 Å². The number of rotatable bonds is 6. The largest absolute Gasteiger partial charge is 0.385 e. The molecule has 1 aliphatic carbocycles. The van der Waals surface area contributed by atoms with Crippen molar-refractivity contribution in [1.29, 1.82) is 0 Å². The molecule has 0 aromatic heterocycles. The molecule has 3 nitrogen and oxygen atoms in total. The number of nitrogens with two attached hydrogens (primary N) is 1. The summed E-state index contributed by atoms with van der Waals surface area (Å²) in [6, 6.07) is 0.259. The van der Waals surface area contributed by atoms with Gasteiger partial charge >= 0.3 is 0 Å². The van der Waals surface area contributed by atoms with Gasteiger partial charge in [0.25, 0.3) is 0 Å². The molecular formula is C12H25NO2. The second-order valence-corrected chi connectivity index (χ2v) is 4.41. The molecule has 0 aromatic carbocycles. The fourth-order valence-electron chi connectivity index (χ4n) is 2.09. The Morgan fingerprint density at radius 2 is 1.80 bits per heavy atom. The molecule has 90 valence electrons. The van der Waals surface area contributed by atoms with Gasteiger partial charge in [-0.3, -0.25) is 0 Å². The predicted octanol–water partition coefficient (Wildman–Crippen LogP) is 2.09. The molecule has 0 radical (unpaired) electrons. The fraction of sp³-hybridized carbons (Fsp3) is 1.00. The highest BCUT2D eigenvalue weighted by atomic mass is 16.5. The van der Waals surface area contributed by atoms with Crippen LogP contribution in [0.4, 0.5) is 0 Å². The Labute approximate surface area is 93.3 Å². The number of unbranched alkanes of at least 4 members (excludes halogenated alkanes) is 1. The summed E-state index contributed by atoms with van der Waals surface area (Å²) in [6.45, 7) is 1.67. The van der Waals surface area contributed by atoms with Gasteiger partial charge in [-0.25, -0.2) is 0 Å². The van der Waals surface area contributed by atoms with Crippen LogP contribution in [0.5, 0.6) is 0 Å². The highest BCUT2D eigenvalue weighted by molar-refractivity contribution is 4.76. The minimum atomic E-state index is 0.259. The summed E-state index contributed by atoms with van der Waals surface area (Å²) in [5.41, 5.74) is 6.07. The van der Waals surface area contributed by atoms with Gasteiger partial charge in [-0.1, -0.05) is 19.3 Å². The summed E-state index contributed by atoms with van der Waals surface area (Å²) in [5.74, 6) is 0. The summed E-state index contributed by atoms with van der Waals surface area (Å²) in [7, 11) is 1.74. The molecule has 0 bridgehead atoms. The van der Waals surface area contributed by atoms with E-state index in [0.29, 0.717) is 6.10 Å². The number of methoxy groups -OCH3 is 1. The smallest absolute Gasteiger partial charge is 0.0725 e. The number of ether oxygens (including phenoxy) is 2. The second kappa shape index (κ2) is 8.08. The van der Waals surface area contributed by atoms with E-state index in [2.05, 4.69) is 0 Å². The molecule has 1 fully saturated rings. The monoisotopic (exact) mass is 215 g/mol. The van der Waals surface area contributed by atoms with Crippen LogP contribution in [0.15, 0.2) is 0 Å². The van der Waals surface area contributed by atoms with Gasteiger partial charge in [0.1, 0.15) is 0 Å². The third kappa shape index (κ3) is 5.50. The zero-order valence-electron chi connectivity index (χ0n) is 9.91. The van der Waals surface area contributed by atoms with Gasteiger partial charge in [0.15, 0.2) is 0 Å². The molecule has 0 heterocycles. The Balaban J connectivity index is 2.07.